The standard InChI is InChI=1S/C31H42ClN13O2/c32-26-29(36)42-28(35)25(41-26)30(47)43-31(37)39-18-4-2-5-19-7-12-21(13-8-19)22-14-9-20(10-15-22)11-16-24(46)40-23(6-1-3-17-33)27(34)44-45-38/h7-10,12-15,23H,1-6,11,16-18,33H2,(H,40,46)(H3,34,38,44)(H4,35,36,42)(H3,37,39,43,47)/t23-/m1/s1. The Morgan fingerprint density at radius 3 is 2.15 bits per heavy atom. The molecule has 0 unspecified atom stereocenters. The van der Waals surface area contributed by atoms with Crippen molar-refractivity contribution in [1.29, 1.82) is 5.41 Å². The van der Waals surface area contributed by atoms with E-state index in [1.54, 1.807) is 0 Å². The molecule has 1 heterocycles. The van der Waals surface area contributed by atoms with Gasteiger partial charge in [-0.3, -0.25) is 25.3 Å². The zero-order chi connectivity index (χ0) is 34.2. The minimum absolute atomic E-state index is 0.0572. The van der Waals surface area contributed by atoms with Gasteiger partial charge in [0, 0.05) is 13.0 Å². The number of guanidine groups is 1. The molecule has 16 heteroatoms. The summed E-state index contributed by atoms with van der Waals surface area (Å²) in [6, 6.07) is 15.9. The van der Waals surface area contributed by atoms with E-state index in [0.29, 0.717) is 25.9 Å². The number of nitrogens with zero attached hydrogens (tertiary/aromatic N) is 5. The molecule has 0 aliphatic rings. The Kier molecular flexibility index (Phi) is 14.5. The van der Waals surface area contributed by atoms with Crippen LogP contribution in [0.2, 0.25) is 5.15 Å². The number of unbranched alkanes of at least 4 members (excludes halogenated alkanes) is 2. The van der Waals surface area contributed by atoms with Crippen molar-refractivity contribution < 1.29 is 9.59 Å². The first-order chi connectivity index (χ1) is 22.6. The number of anilines is 2. The fourth-order valence-corrected chi connectivity index (χ4v) is 4.74. The maximum absolute atomic E-state index is 12.6. The van der Waals surface area contributed by atoms with Gasteiger partial charge in [-0.15, -0.1) is 5.11 Å². The van der Waals surface area contributed by atoms with Gasteiger partial charge in [0.15, 0.2) is 34.3 Å². The average Bonchev–Trinajstić information content (AvgIpc) is 3.05. The SMILES string of the molecule is N=C(N=NN)[C@@H](CCCCN)NC(=O)CCc1ccc(-c2ccc(CCCCN=C(N)NC(=O)c3nc(Cl)c(N)nc3N)cc2)cc1. The van der Waals surface area contributed by atoms with E-state index >= 15 is 0 Å². The van der Waals surface area contributed by atoms with Crippen LogP contribution in [0.4, 0.5) is 11.6 Å². The molecule has 1 aromatic heterocycles. The highest BCUT2D eigenvalue weighted by atomic mass is 35.5. The van der Waals surface area contributed by atoms with Crippen LogP contribution in [0, 0.1) is 5.41 Å². The van der Waals surface area contributed by atoms with Crippen LogP contribution < -0.4 is 39.4 Å². The number of rotatable bonds is 16. The van der Waals surface area contributed by atoms with Crippen molar-refractivity contribution in [2.24, 2.45) is 32.6 Å². The molecule has 13 N–H and O–H groups in total. The molecule has 0 spiro atoms. The highest BCUT2D eigenvalue weighted by molar-refractivity contribution is 6.31. The third-order valence-electron chi connectivity index (χ3n) is 7.18. The number of halogens is 1. The molecule has 0 fully saturated rings. The van der Waals surface area contributed by atoms with Crippen molar-refractivity contribution >= 4 is 46.8 Å². The van der Waals surface area contributed by atoms with Gasteiger partial charge in [-0.1, -0.05) is 65.4 Å². The molecule has 15 nitrogen and oxygen atoms in total. The van der Waals surface area contributed by atoms with E-state index in [9.17, 15) is 9.59 Å². The number of nitrogen functional groups attached to an aromatic ring is 2. The van der Waals surface area contributed by atoms with E-state index in [-0.39, 0.29) is 46.6 Å². The maximum Gasteiger partial charge on any atom is 0.280 e. The molecule has 0 saturated carbocycles. The lowest BCUT2D eigenvalue weighted by atomic mass is 9.99. The van der Waals surface area contributed by atoms with Gasteiger partial charge in [-0.25, -0.2) is 9.97 Å². The van der Waals surface area contributed by atoms with E-state index in [2.05, 4.69) is 60.2 Å². The van der Waals surface area contributed by atoms with Gasteiger partial charge in [0.25, 0.3) is 5.91 Å². The molecule has 1 atom stereocenters. The summed E-state index contributed by atoms with van der Waals surface area (Å²) in [6.45, 7) is 0.976. The lowest BCUT2D eigenvalue weighted by molar-refractivity contribution is -0.121. The van der Waals surface area contributed by atoms with E-state index in [1.165, 1.54) is 5.56 Å². The summed E-state index contributed by atoms with van der Waals surface area (Å²) in [5.74, 6) is 3.88. The first kappa shape index (κ1) is 36.3. The lowest BCUT2D eigenvalue weighted by Gasteiger charge is -2.16. The monoisotopic (exact) mass is 663 g/mol. The van der Waals surface area contributed by atoms with Crippen LogP contribution in [-0.4, -0.2) is 52.7 Å². The number of carbonyl (C=O) groups is 2. The summed E-state index contributed by atoms with van der Waals surface area (Å²) in [7, 11) is 0. The largest absolute Gasteiger partial charge is 0.382 e. The second-order valence-electron chi connectivity index (χ2n) is 10.7. The number of aliphatic imine (C=N–C) groups is 1. The number of benzene rings is 2. The first-order valence-corrected chi connectivity index (χ1v) is 15.6. The van der Waals surface area contributed by atoms with Gasteiger partial charge in [-0.2, -0.15) is 0 Å². The van der Waals surface area contributed by atoms with E-state index in [0.717, 1.165) is 48.8 Å². The molecular weight excluding hydrogens is 622 g/mol. The molecule has 3 rings (SSSR count). The number of aryl methyl sites for hydroxylation is 2. The van der Waals surface area contributed by atoms with Crippen LogP contribution in [0.3, 0.4) is 0 Å². The number of hydrogen-bond donors (Lipinski definition) is 8. The molecule has 0 aliphatic heterocycles. The number of amides is 2. The predicted octanol–water partition coefficient (Wildman–Crippen LogP) is 2.88. The number of nitrogens with two attached hydrogens (primary N) is 5. The Hall–Kier alpha value is -5.15. The summed E-state index contributed by atoms with van der Waals surface area (Å²) in [6.07, 6.45) is 5.46. The Bertz CT molecular complexity index is 1560. The lowest BCUT2D eigenvalue weighted by Crippen LogP contribution is -2.40. The molecule has 47 heavy (non-hydrogen) atoms. The number of aromatic nitrogens is 2. The maximum atomic E-state index is 12.6. The number of amidine groups is 1. The molecule has 250 valence electrons. The van der Waals surface area contributed by atoms with Gasteiger partial charge in [0.05, 0.1) is 6.04 Å². The van der Waals surface area contributed by atoms with Gasteiger partial charge in [0.2, 0.25) is 5.91 Å². The van der Waals surface area contributed by atoms with Crippen LogP contribution in [0.15, 0.2) is 63.9 Å². The Labute approximate surface area is 278 Å². The van der Waals surface area contributed by atoms with Crippen LogP contribution in [0.25, 0.3) is 11.1 Å². The highest BCUT2D eigenvalue weighted by Crippen LogP contribution is 2.22. The fraction of sp³-hybridized carbons (Fsp3) is 0.355. The van der Waals surface area contributed by atoms with Crippen molar-refractivity contribution in [3.63, 3.8) is 0 Å². The van der Waals surface area contributed by atoms with Crippen LogP contribution in [-0.2, 0) is 17.6 Å². The van der Waals surface area contributed by atoms with E-state index in [1.807, 2.05) is 24.3 Å². The summed E-state index contributed by atoms with van der Waals surface area (Å²) in [4.78, 5) is 36.7. The van der Waals surface area contributed by atoms with Crippen molar-refractivity contribution in [3.8, 4) is 11.1 Å². The topological polar surface area (TPSA) is 275 Å². The Balaban J connectivity index is 1.41. The third kappa shape index (κ3) is 11.9. The van der Waals surface area contributed by atoms with Gasteiger partial charge < -0.3 is 34.1 Å². The molecular formula is C31H42ClN13O2. The summed E-state index contributed by atoms with van der Waals surface area (Å²) < 4.78 is 0. The molecule has 0 aliphatic carbocycles. The second kappa shape index (κ2) is 18.7. The molecule has 2 amide bonds. The van der Waals surface area contributed by atoms with Gasteiger partial charge in [0.1, 0.15) is 0 Å². The minimum Gasteiger partial charge on any atom is -0.382 e. The quantitative estimate of drug-likeness (QED) is 0.0279. The number of hydrogen-bond acceptors (Lipinski definition) is 10. The molecule has 0 radical (unpaired) electrons. The zero-order valence-electron chi connectivity index (χ0n) is 26.1. The average molecular weight is 664 g/mol. The van der Waals surface area contributed by atoms with Crippen LogP contribution in [0.5, 0.6) is 0 Å². The van der Waals surface area contributed by atoms with E-state index < -0.39 is 11.9 Å². The van der Waals surface area contributed by atoms with Gasteiger partial charge >= 0.3 is 0 Å². The third-order valence-corrected chi connectivity index (χ3v) is 7.46. The van der Waals surface area contributed by atoms with Crippen molar-refractivity contribution in [2.45, 2.75) is 57.4 Å². The molecule has 3 aromatic rings. The summed E-state index contributed by atoms with van der Waals surface area (Å²) >= 11 is 5.82. The molecule has 0 saturated heterocycles. The predicted molar refractivity (Wildman–Crippen MR) is 185 cm³/mol. The highest BCUT2D eigenvalue weighted by Gasteiger charge is 2.18. The molecule has 0 bridgehead atoms. The van der Waals surface area contributed by atoms with Crippen molar-refractivity contribution in [3.05, 3.63) is 70.5 Å². The van der Waals surface area contributed by atoms with Gasteiger partial charge in [-0.05, 0) is 73.7 Å². The normalized spacial score (nSPS) is 12.2. The first-order valence-electron chi connectivity index (χ1n) is 15.2. The van der Waals surface area contributed by atoms with Crippen LogP contribution in [0.1, 0.15) is 60.1 Å². The summed E-state index contributed by atoms with van der Waals surface area (Å²) in [5, 5.41) is 19.9. The van der Waals surface area contributed by atoms with Crippen LogP contribution >= 0.6 is 11.6 Å². The minimum atomic E-state index is -0.676. The van der Waals surface area contributed by atoms with E-state index in [4.69, 9.17) is 45.8 Å². The Morgan fingerprint density at radius 2 is 1.53 bits per heavy atom. The molecule has 2 aromatic carbocycles. The smallest absolute Gasteiger partial charge is 0.280 e. The number of carbonyl (C=O) groups excluding carboxylic acids is 2. The van der Waals surface area contributed by atoms with Crippen molar-refractivity contribution in [2.75, 3.05) is 24.6 Å². The zero-order valence-corrected chi connectivity index (χ0v) is 26.8. The second-order valence-corrected chi connectivity index (χ2v) is 11.1. The summed E-state index contributed by atoms with van der Waals surface area (Å²) in [5.41, 5.74) is 26.8. The Morgan fingerprint density at radius 1 is 0.894 bits per heavy atom. The van der Waals surface area contributed by atoms with Crippen molar-refractivity contribution in [1.82, 2.24) is 20.6 Å². The number of nitrogens with one attached hydrogen (secondary N) is 3. The fourth-order valence-electron chi connectivity index (χ4n) is 4.62.